The fourth-order valence-electron chi connectivity index (χ4n) is 8.18. The largest absolute Gasteiger partial charge is 0.387 e. The summed E-state index contributed by atoms with van der Waals surface area (Å²) in [6.07, 6.45) is 15.1. The van der Waals surface area contributed by atoms with Crippen molar-refractivity contribution in [2.45, 2.75) is 89.1 Å². The van der Waals surface area contributed by atoms with Gasteiger partial charge in [0.1, 0.15) is 0 Å². The van der Waals surface area contributed by atoms with E-state index in [0.29, 0.717) is 23.7 Å². The van der Waals surface area contributed by atoms with Crippen LogP contribution in [0.25, 0.3) is 0 Å². The minimum absolute atomic E-state index is 0.0535. The number of carbonyl (C=O) groups is 1. The van der Waals surface area contributed by atoms with Gasteiger partial charge in [0.25, 0.3) is 0 Å². The monoisotopic (exact) mass is 443 g/mol. The number of hydrogen-bond acceptors (Lipinski definition) is 4. The summed E-state index contributed by atoms with van der Waals surface area (Å²) in [5.74, 6) is 4.14. The van der Waals surface area contributed by atoms with Crippen molar-refractivity contribution in [1.82, 2.24) is 15.1 Å². The molecule has 2 aliphatic heterocycles. The van der Waals surface area contributed by atoms with Crippen molar-refractivity contribution < 1.29 is 4.79 Å². The molecule has 0 radical (unpaired) electrons. The molecule has 5 aliphatic rings. The third-order valence-electron chi connectivity index (χ3n) is 9.85. The maximum absolute atomic E-state index is 13.8. The molecule has 0 aromatic heterocycles. The van der Waals surface area contributed by atoms with E-state index in [9.17, 15) is 4.79 Å². The molecule has 3 aliphatic carbocycles. The van der Waals surface area contributed by atoms with Gasteiger partial charge in [-0.05, 0) is 75.2 Å². The average Bonchev–Trinajstić information content (AvgIpc) is 2.97. The molecule has 2 saturated heterocycles. The van der Waals surface area contributed by atoms with Crippen molar-refractivity contribution >= 4 is 11.7 Å². The molecule has 1 amide bonds. The molecule has 0 spiro atoms. The molecule has 180 valence electrons. The predicted octanol–water partition coefficient (Wildman–Crippen LogP) is 3.21. The normalized spacial score (nSPS) is 40.9. The molecular formula is C26H45N5O. The molecule has 5 rings (SSSR count). The van der Waals surface area contributed by atoms with Crippen LogP contribution in [-0.4, -0.2) is 66.4 Å². The van der Waals surface area contributed by atoms with Crippen LogP contribution in [0.5, 0.6) is 0 Å². The zero-order valence-corrected chi connectivity index (χ0v) is 19.9. The van der Waals surface area contributed by atoms with Gasteiger partial charge >= 0.3 is 0 Å². The lowest BCUT2D eigenvalue weighted by atomic mass is 9.65. The predicted molar refractivity (Wildman–Crippen MR) is 128 cm³/mol. The molecule has 32 heavy (non-hydrogen) atoms. The van der Waals surface area contributed by atoms with Gasteiger partial charge in [-0.1, -0.05) is 32.1 Å². The quantitative estimate of drug-likeness (QED) is 0.460. The average molecular weight is 444 g/mol. The van der Waals surface area contributed by atoms with Crippen LogP contribution in [0, 0.1) is 35.0 Å². The number of amidine groups is 1. The van der Waals surface area contributed by atoms with Crippen LogP contribution in [-0.2, 0) is 4.79 Å². The van der Waals surface area contributed by atoms with E-state index < -0.39 is 0 Å². The van der Waals surface area contributed by atoms with Crippen LogP contribution >= 0.6 is 0 Å². The van der Waals surface area contributed by atoms with Crippen LogP contribution in [0.1, 0.15) is 77.0 Å². The number of amides is 1. The van der Waals surface area contributed by atoms with E-state index in [1.54, 1.807) is 0 Å². The molecule has 6 heteroatoms. The smallest absolute Gasteiger partial charge is 0.239 e. The van der Waals surface area contributed by atoms with Gasteiger partial charge in [0.2, 0.25) is 5.91 Å². The van der Waals surface area contributed by atoms with Gasteiger partial charge in [-0.25, -0.2) is 0 Å². The standard InChI is InChI=1S/C26H45N5O/c27-25(28)20-10-9-19-15-24(26(32)30-13-4-11-29-12-14-30)31(23(19)16-20)17-21-7-3-6-18-5-1-2-8-22(18)21/h18-24,29H,1-17H2,(H3,27,28). The lowest BCUT2D eigenvalue weighted by molar-refractivity contribution is -0.136. The molecule has 0 aromatic rings. The van der Waals surface area contributed by atoms with Crippen molar-refractivity contribution in [3.05, 3.63) is 0 Å². The van der Waals surface area contributed by atoms with Crippen molar-refractivity contribution in [1.29, 1.82) is 5.41 Å². The SMILES string of the molecule is N=C(N)C1CCC2CC(C(=O)N3CCCNCC3)N(CC3CCCC4CCCCC43)C2C1. The summed E-state index contributed by atoms with van der Waals surface area (Å²) in [5, 5.41) is 11.5. The Hall–Kier alpha value is -1.14. The van der Waals surface area contributed by atoms with Gasteiger partial charge in [0, 0.05) is 38.1 Å². The first-order valence-electron chi connectivity index (χ1n) is 13.7. The number of nitrogens with zero attached hydrogens (tertiary/aromatic N) is 2. The molecule has 0 bridgehead atoms. The molecule has 5 fully saturated rings. The summed E-state index contributed by atoms with van der Waals surface area (Å²) < 4.78 is 0. The molecule has 7 atom stereocenters. The summed E-state index contributed by atoms with van der Waals surface area (Å²) in [6, 6.07) is 0.499. The number of nitrogens with two attached hydrogens (primary N) is 1. The Kier molecular flexibility index (Phi) is 7.08. The Morgan fingerprint density at radius 2 is 1.75 bits per heavy atom. The van der Waals surface area contributed by atoms with Crippen molar-refractivity contribution in [3.63, 3.8) is 0 Å². The van der Waals surface area contributed by atoms with Gasteiger partial charge in [-0.15, -0.1) is 0 Å². The Morgan fingerprint density at radius 3 is 2.62 bits per heavy atom. The van der Waals surface area contributed by atoms with Gasteiger partial charge in [-0.3, -0.25) is 15.1 Å². The van der Waals surface area contributed by atoms with E-state index in [-0.39, 0.29) is 12.0 Å². The number of likely N-dealkylation sites (tertiary alicyclic amines) is 1. The third-order valence-corrected chi connectivity index (χ3v) is 9.85. The minimum Gasteiger partial charge on any atom is -0.387 e. The summed E-state index contributed by atoms with van der Waals surface area (Å²) in [6.45, 7) is 4.80. The highest BCUT2D eigenvalue weighted by Crippen LogP contribution is 2.47. The molecule has 6 nitrogen and oxygen atoms in total. The highest BCUT2D eigenvalue weighted by atomic mass is 16.2. The molecule has 7 unspecified atom stereocenters. The Labute approximate surface area is 194 Å². The van der Waals surface area contributed by atoms with Crippen LogP contribution in [0.4, 0.5) is 0 Å². The Bertz CT molecular complexity index is 673. The van der Waals surface area contributed by atoms with Crippen molar-refractivity contribution in [2.75, 3.05) is 32.7 Å². The first-order chi connectivity index (χ1) is 15.6. The van der Waals surface area contributed by atoms with Gasteiger partial charge < -0.3 is 16.0 Å². The van der Waals surface area contributed by atoms with Crippen LogP contribution in [0.15, 0.2) is 0 Å². The van der Waals surface area contributed by atoms with Crippen molar-refractivity contribution in [3.8, 4) is 0 Å². The number of fused-ring (bicyclic) bond motifs is 2. The highest BCUT2D eigenvalue weighted by molar-refractivity contribution is 5.83. The van der Waals surface area contributed by atoms with Crippen LogP contribution in [0.2, 0.25) is 0 Å². The summed E-state index contributed by atoms with van der Waals surface area (Å²) in [4.78, 5) is 18.7. The number of nitrogens with one attached hydrogen (secondary N) is 2. The van der Waals surface area contributed by atoms with Crippen LogP contribution < -0.4 is 11.1 Å². The highest BCUT2D eigenvalue weighted by Gasteiger charge is 2.49. The van der Waals surface area contributed by atoms with E-state index >= 15 is 0 Å². The van der Waals surface area contributed by atoms with E-state index in [1.165, 1.54) is 44.9 Å². The minimum atomic E-state index is 0.0535. The second-order valence-electron chi connectivity index (χ2n) is 11.6. The maximum atomic E-state index is 13.8. The zero-order chi connectivity index (χ0) is 22.1. The molecule has 0 aromatic carbocycles. The summed E-state index contributed by atoms with van der Waals surface area (Å²) >= 11 is 0. The summed E-state index contributed by atoms with van der Waals surface area (Å²) in [7, 11) is 0. The lowest BCUT2D eigenvalue weighted by Crippen LogP contribution is -2.52. The van der Waals surface area contributed by atoms with Crippen LogP contribution in [0.3, 0.4) is 0 Å². The Balaban J connectivity index is 1.36. The molecule has 3 saturated carbocycles. The topological polar surface area (TPSA) is 85.4 Å². The summed E-state index contributed by atoms with van der Waals surface area (Å²) in [5.41, 5.74) is 5.98. The second-order valence-corrected chi connectivity index (χ2v) is 11.6. The zero-order valence-electron chi connectivity index (χ0n) is 19.9. The van der Waals surface area contributed by atoms with Crippen molar-refractivity contribution in [2.24, 2.45) is 35.3 Å². The molecule has 2 heterocycles. The van der Waals surface area contributed by atoms with Gasteiger partial charge in [0.05, 0.1) is 11.9 Å². The van der Waals surface area contributed by atoms with E-state index in [2.05, 4.69) is 15.1 Å². The Morgan fingerprint density at radius 1 is 0.906 bits per heavy atom. The first kappa shape index (κ1) is 22.6. The number of hydrogen-bond donors (Lipinski definition) is 3. The fraction of sp³-hybridized carbons (Fsp3) is 0.923. The van der Waals surface area contributed by atoms with E-state index in [4.69, 9.17) is 11.1 Å². The third kappa shape index (κ3) is 4.59. The maximum Gasteiger partial charge on any atom is 0.239 e. The lowest BCUT2D eigenvalue weighted by Gasteiger charge is -2.45. The second kappa shape index (κ2) is 10.0. The van der Waals surface area contributed by atoms with Gasteiger partial charge in [-0.2, -0.15) is 0 Å². The van der Waals surface area contributed by atoms with E-state index in [1.807, 2.05) is 0 Å². The fourth-order valence-corrected chi connectivity index (χ4v) is 8.18. The molecular weight excluding hydrogens is 398 g/mol. The molecule has 4 N–H and O–H groups in total. The number of rotatable bonds is 4. The van der Waals surface area contributed by atoms with E-state index in [0.717, 1.165) is 82.6 Å². The van der Waals surface area contributed by atoms with Gasteiger partial charge in [0.15, 0.2) is 0 Å². The number of carbonyl (C=O) groups excluding carboxylic acids is 1. The first-order valence-corrected chi connectivity index (χ1v) is 13.7.